The second-order valence-corrected chi connectivity index (χ2v) is 9.46. The number of ether oxygens (including phenoxy) is 1. The Labute approximate surface area is 185 Å². The fraction of sp³-hybridized carbons (Fsp3) is 0.455. The third kappa shape index (κ3) is 3.56. The van der Waals surface area contributed by atoms with Gasteiger partial charge in [-0.15, -0.1) is 5.10 Å². The number of halogens is 2. The second-order valence-electron chi connectivity index (χ2n) is 8.71. The Bertz CT molecular complexity index is 1050. The number of benzene rings is 1. The van der Waals surface area contributed by atoms with Gasteiger partial charge in [-0.05, 0) is 76.8 Å². The Morgan fingerprint density at radius 1 is 1.17 bits per heavy atom. The predicted octanol–water partition coefficient (Wildman–Crippen LogP) is 5.44. The van der Waals surface area contributed by atoms with Gasteiger partial charge in [0.1, 0.15) is 17.4 Å². The summed E-state index contributed by atoms with van der Waals surface area (Å²) in [4.78, 5) is 4.43. The maximum atomic E-state index is 6.69. The molecular formula is C22H23Cl2N5O. The van der Waals surface area contributed by atoms with Gasteiger partial charge in [-0.3, -0.25) is 4.98 Å². The Balaban J connectivity index is 1.32. The maximum Gasteiger partial charge on any atom is 0.180 e. The average Bonchev–Trinajstić information content (AvgIpc) is 3.51. The first-order valence-corrected chi connectivity index (χ1v) is 11.1. The number of tetrazole rings is 1. The summed E-state index contributed by atoms with van der Waals surface area (Å²) in [5.41, 5.74) is 4.35. The van der Waals surface area contributed by atoms with E-state index in [9.17, 15) is 0 Å². The van der Waals surface area contributed by atoms with E-state index in [1.165, 1.54) is 36.8 Å². The summed E-state index contributed by atoms with van der Waals surface area (Å²) in [7, 11) is 0. The van der Waals surface area contributed by atoms with Gasteiger partial charge in [0.25, 0.3) is 0 Å². The third-order valence-corrected chi connectivity index (χ3v) is 7.59. The fourth-order valence-electron chi connectivity index (χ4n) is 5.04. The Morgan fingerprint density at radius 2 is 2.00 bits per heavy atom. The molecular weight excluding hydrogens is 421 g/mol. The number of aromatic nitrogens is 5. The summed E-state index contributed by atoms with van der Waals surface area (Å²) >= 11 is 13.3. The van der Waals surface area contributed by atoms with Gasteiger partial charge < -0.3 is 4.74 Å². The van der Waals surface area contributed by atoms with Crippen LogP contribution in [0.4, 0.5) is 0 Å². The Hall–Kier alpha value is -2.18. The van der Waals surface area contributed by atoms with E-state index in [4.69, 9.17) is 27.9 Å². The van der Waals surface area contributed by atoms with Crippen molar-refractivity contribution >= 4 is 23.2 Å². The molecule has 0 saturated heterocycles. The van der Waals surface area contributed by atoms with Gasteiger partial charge in [0.05, 0.1) is 10.7 Å². The number of pyridine rings is 1. The molecule has 8 heteroatoms. The monoisotopic (exact) mass is 443 g/mol. The van der Waals surface area contributed by atoms with E-state index in [1.807, 2.05) is 12.1 Å². The Kier molecular flexibility index (Phi) is 5.15. The van der Waals surface area contributed by atoms with Crippen molar-refractivity contribution in [2.24, 2.45) is 11.3 Å². The van der Waals surface area contributed by atoms with Gasteiger partial charge in [0.2, 0.25) is 0 Å². The second kappa shape index (κ2) is 7.82. The molecule has 1 fully saturated rings. The van der Waals surface area contributed by atoms with Crippen LogP contribution in [0.25, 0.3) is 11.4 Å². The van der Waals surface area contributed by atoms with Crippen LogP contribution < -0.4 is 4.74 Å². The van der Waals surface area contributed by atoms with Crippen molar-refractivity contribution in [1.82, 2.24) is 25.6 Å². The number of hydrogen-bond donors (Lipinski definition) is 1. The van der Waals surface area contributed by atoms with E-state index in [1.54, 1.807) is 6.20 Å². The molecule has 1 atom stereocenters. The van der Waals surface area contributed by atoms with Crippen LogP contribution in [0.1, 0.15) is 49.4 Å². The molecule has 0 radical (unpaired) electrons. The topological polar surface area (TPSA) is 76.6 Å². The summed E-state index contributed by atoms with van der Waals surface area (Å²) in [6.45, 7) is 2.72. The first-order chi connectivity index (χ1) is 14.5. The van der Waals surface area contributed by atoms with Crippen molar-refractivity contribution in [2.45, 2.75) is 52.1 Å². The van der Waals surface area contributed by atoms with E-state index >= 15 is 0 Å². The minimum atomic E-state index is 0.275. The van der Waals surface area contributed by atoms with Gasteiger partial charge in [-0.2, -0.15) is 0 Å². The highest BCUT2D eigenvalue weighted by molar-refractivity contribution is 6.43. The summed E-state index contributed by atoms with van der Waals surface area (Å²) in [6.07, 6.45) is 9.10. The van der Waals surface area contributed by atoms with Crippen LogP contribution in [-0.2, 0) is 19.4 Å². The van der Waals surface area contributed by atoms with E-state index in [2.05, 4.69) is 38.6 Å². The molecule has 1 aromatic carbocycles. The summed E-state index contributed by atoms with van der Waals surface area (Å²) in [6, 6.07) is 5.87. The first-order valence-electron chi connectivity index (χ1n) is 10.3. The van der Waals surface area contributed by atoms with Crippen LogP contribution in [0.2, 0.25) is 10.0 Å². The van der Waals surface area contributed by atoms with Crippen LogP contribution in [0.3, 0.4) is 0 Å². The Morgan fingerprint density at radius 3 is 2.70 bits per heavy atom. The summed E-state index contributed by atoms with van der Waals surface area (Å²) in [5, 5.41) is 14.9. The van der Waals surface area contributed by atoms with Crippen molar-refractivity contribution in [1.29, 1.82) is 0 Å². The molecule has 0 amide bonds. The molecule has 1 saturated carbocycles. The number of aromatic amines is 1. The standard InChI is InChI=1S/C22H23Cl2N5O/c1-22(15-4-2-3-5-15)9-14-8-18(20(24)19(23)17(14)10-22)30-12-16-7-6-13(11-25-16)21-26-28-29-27-21/h6-8,11,15H,2-5,9-10,12H2,1H3,(H,26,27,28,29). The third-order valence-electron chi connectivity index (χ3n) is 6.70. The summed E-state index contributed by atoms with van der Waals surface area (Å²) < 4.78 is 6.03. The molecule has 1 unspecified atom stereocenters. The lowest BCUT2D eigenvalue weighted by Gasteiger charge is -2.31. The maximum absolute atomic E-state index is 6.69. The number of fused-ring (bicyclic) bond motifs is 1. The highest BCUT2D eigenvalue weighted by Gasteiger charge is 2.42. The molecule has 30 heavy (non-hydrogen) atoms. The molecule has 0 spiro atoms. The quantitative estimate of drug-likeness (QED) is 0.567. The van der Waals surface area contributed by atoms with E-state index in [0.29, 0.717) is 28.2 Å². The normalized spacial score (nSPS) is 21.2. The van der Waals surface area contributed by atoms with Crippen molar-refractivity contribution in [3.05, 3.63) is 51.3 Å². The van der Waals surface area contributed by atoms with Gasteiger partial charge in [0.15, 0.2) is 5.82 Å². The van der Waals surface area contributed by atoms with Crippen LogP contribution in [0.15, 0.2) is 24.4 Å². The number of nitrogens with one attached hydrogen (secondary N) is 1. The lowest BCUT2D eigenvalue weighted by atomic mass is 9.74. The highest BCUT2D eigenvalue weighted by Crippen LogP contribution is 2.52. The molecule has 1 N–H and O–H groups in total. The molecule has 156 valence electrons. The predicted molar refractivity (Wildman–Crippen MR) is 116 cm³/mol. The van der Waals surface area contributed by atoms with Crippen molar-refractivity contribution < 1.29 is 4.74 Å². The molecule has 2 aliphatic rings. The van der Waals surface area contributed by atoms with Crippen LogP contribution >= 0.6 is 23.2 Å². The van der Waals surface area contributed by atoms with Gasteiger partial charge in [0, 0.05) is 11.8 Å². The molecule has 0 aliphatic heterocycles. The number of rotatable bonds is 5. The van der Waals surface area contributed by atoms with E-state index < -0.39 is 0 Å². The SMILES string of the molecule is CC1(C2CCCC2)Cc2cc(OCc3ccc(-c4nnn[nH]4)cn3)c(Cl)c(Cl)c2C1. The molecule has 3 aromatic rings. The highest BCUT2D eigenvalue weighted by atomic mass is 35.5. The first kappa shape index (κ1) is 19.8. The summed E-state index contributed by atoms with van der Waals surface area (Å²) in [5.74, 6) is 1.97. The minimum Gasteiger partial charge on any atom is -0.486 e. The van der Waals surface area contributed by atoms with E-state index in [0.717, 1.165) is 30.0 Å². The van der Waals surface area contributed by atoms with E-state index in [-0.39, 0.29) is 5.41 Å². The molecule has 2 heterocycles. The minimum absolute atomic E-state index is 0.275. The molecule has 6 nitrogen and oxygen atoms in total. The largest absolute Gasteiger partial charge is 0.486 e. The van der Waals surface area contributed by atoms with Crippen molar-refractivity contribution in [3.63, 3.8) is 0 Å². The fourth-order valence-corrected chi connectivity index (χ4v) is 5.54. The van der Waals surface area contributed by atoms with Crippen LogP contribution in [0.5, 0.6) is 5.75 Å². The lowest BCUT2D eigenvalue weighted by Crippen LogP contribution is -2.26. The van der Waals surface area contributed by atoms with Crippen molar-refractivity contribution in [2.75, 3.05) is 0 Å². The van der Waals surface area contributed by atoms with Crippen LogP contribution in [0, 0.1) is 11.3 Å². The zero-order valence-electron chi connectivity index (χ0n) is 16.8. The number of hydrogen-bond acceptors (Lipinski definition) is 5. The number of nitrogens with zero attached hydrogens (tertiary/aromatic N) is 4. The zero-order chi connectivity index (χ0) is 20.7. The zero-order valence-corrected chi connectivity index (χ0v) is 18.3. The van der Waals surface area contributed by atoms with Crippen molar-refractivity contribution in [3.8, 4) is 17.1 Å². The van der Waals surface area contributed by atoms with Gasteiger partial charge >= 0.3 is 0 Å². The number of H-pyrrole nitrogens is 1. The van der Waals surface area contributed by atoms with Crippen LogP contribution in [-0.4, -0.2) is 25.6 Å². The van der Waals surface area contributed by atoms with Gasteiger partial charge in [-0.25, -0.2) is 5.10 Å². The molecule has 2 aromatic heterocycles. The molecule has 2 aliphatic carbocycles. The lowest BCUT2D eigenvalue weighted by molar-refractivity contribution is 0.203. The molecule has 0 bridgehead atoms. The average molecular weight is 444 g/mol. The smallest absolute Gasteiger partial charge is 0.180 e. The van der Waals surface area contributed by atoms with Gasteiger partial charge in [-0.1, -0.05) is 43.0 Å². The molecule has 5 rings (SSSR count).